The molecule has 0 saturated carbocycles. The number of primary amides is 1. The first-order valence-corrected chi connectivity index (χ1v) is 12.4. The van der Waals surface area contributed by atoms with Gasteiger partial charge in [-0.15, -0.1) is 0 Å². The lowest BCUT2D eigenvalue weighted by Gasteiger charge is -2.34. The Kier molecular flexibility index (Phi) is 15.6. The van der Waals surface area contributed by atoms with Gasteiger partial charge in [0.25, 0.3) is 5.91 Å². The van der Waals surface area contributed by atoms with Gasteiger partial charge in [0.2, 0.25) is 5.91 Å². The van der Waals surface area contributed by atoms with Gasteiger partial charge in [0.05, 0.1) is 0 Å². The second-order valence-electron chi connectivity index (χ2n) is 8.54. The van der Waals surface area contributed by atoms with Crippen LogP contribution in [0.15, 0.2) is 30.3 Å². The fourth-order valence-electron chi connectivity index (χ4n) is 3.86. The monoisotopic (exact) mass is 431 g/mol. The first-order valence-electron chi connectivity index (χ1n) is 12.4. The number of hydrogen-bond acceptors (Lipinski definition) is 3. The topological polar surface area (TPSA) is 66.6 Å². The number of amides is 2. The highest BCUT2D eigenvalue weighted by Gasteiger charge is 2.21. The average molecular weight is 432 g/mol. The van der Waals surface area contributed by atoms with Crippen molar-refractivity contribution in [1.29, 1.82) is 0 Å². The van der Waals surface area contributed by atoms with Crippen LogP contribution in [0.2, 0.25) is 0 Å². The zero-order valence-corrected chi connectivity index (χ0v) is 20.0. The van der Waals surface area contributed by atoms with Crippen molar-refractivity contribution in [2.24, 2.45) is 5.73 Å². The number of piperazine rings is 1. The summed E-state index contributed by atoms with van der Waals surface area (Å²) in [6.45, 7) is 9.30. The first-order chi connectivity index (χ1) is 15.1. The van der Waals surface area contributed by atoms with Crippen molar-refractivity contribution >= 4 is 11.8 Å². The first kappa shape index (κ1) is 27.2. The Hall–Kier alpha value is -1.88. The number of benzene rings is 1. The van der Waals surface area contributed by atoms with Crippen LogP contribution in [0.1, 0.15) is 94.8 Å². The molecule has 1 aliphatic heterocycles. The minimum atomic E-state index is -0.159. The lowest BCUT2D eigenvalue weighted by atomic mass is 10.1. The number of hydrogen-bond donors (Lipinski definition) is 1. The molecule has 0 aliphatic carbocycles. The fraction of sp³-hybridized carbons (Fsp3) is 0.692. The number of unbranched alkanes of at least 4 members (excludes halogenated alkanes) is 8. The van der Waals surface area contributed by atoms with E-state index in [1.54, 1.807) is 0 Å². The fourth-order valence-corrected chi connectivity index (χ4v) is 3.86. The molecular weight excluding hydrogens is 386 g/mol. The minimum Gasteiger partial charge on any atom is -0.370 e. The lowest BCUT2D eigenvalue weighted by Crippen LogP contribution is -2.48. The molecule has 0 radical (unpaired) electrons. The summed E-state index contributed by atoms with van der Waals surface area (Å²) in [4.78, 5) is 27.0. The Balaban J connectivity index is 0.000000318. The van der Waals surface area contributed by atoms with Gasteiger partial charge in [-0.05, 0) is 31.5 Å². The molecule has 1 aliphatic rings. The van der Waals surface area contributed by atoms with Crippen LogP contribution in [-0.4, -0.2) is 54.3 Å². The van der Waals surface area contributed by atoms with Crippen molar-refractivity contribution < 1.29 is 9.59 Å². The summed E-state index contributed by atoms with van der Waals surface area (Å²) in [6.07, 6.45) is 13.3. The number of carbonyl (C=O) groups excluding carboxylic acids is 2. The molecule has 1 fully saturated rings. The van der Waals surface area contributed by atoms with Crippen LogP contribution in [0.5, 0.6) is 0 Å². The van der Waals surface area contributed by atoms with Gasteiger partial charge < -0.3 is 10.6 Å². The number of nitrogens with two attached hydrogens (primary N) is 1. The van der Waals surface area contributed by atoms with Crippen molar-refractivity contribution in [1.82, 2.24) is 9.80 Å². The molecule has 31 heavy (non-hydrogen) atoms. The van der Waals surface area contributed by atoms with Crippen LogP contribution in [0, 0.1) is 0 Å². The maximum atomic E-state index is 12.2. The smallest absolute Gasteiger partial charge is 0.253 e. The quantitative estimate of drug-likeness (QED) is 0.434. The number of rotatable bonds is 13. The Bertz CT molecular complexity index is 584. The zero-order chi connectivity index (χ0) is 22.7. The van der Waals surface area contributed by atoms with E-state index in [9.17, 15) is 9.59 Å². The van der Waals surface area contributed by atoms with Crippen molar-refractivity contribution in [2.45, 2.75) is 84.5 Å². The van der Waals surface area contributed by atoms with Gasteiger partial charge in [0.15, 0.2) is 0 Å². The second kappa shape index (κ2) is 17.8. The maximum Gasteiger partial charge on any atom is 0.253 e. The van der Waals surface area contributed by atoms with E-state index in [2.05, 4.69) is 18.7 Å². The van der Waals surface area contributed by atoms with Gasteiger partial charge in [0, 0.05) is 38.2 Å². The predicted octanol–water partition coefficient (Wildman–Crippen LogP) is 5.25. The molecule has 0 aromatic heterocycles. The SMILES string of the molecule is CCCCCCCCCCCC(N)=O.CCCN1CCN(C(=O)c2ccccc2)CC1. The third-order valence-corrected chi connectivity index (χ3v) is 5.75. The van der Waals surface area contributed by atoms with Crippen molar-refractivity contribution in [3.63, 3.8) is 0 Å². The molecule has 0 atom stereocenters. The summed E-state index contributed by atoms with van der Waals surface area (Å²) in [5.74, 6) is 0.00898. The molecule has 2 rings (SSSR count). The van der Waals surface area contributed by atoms with Crippen LogP contribution < -0.4 is 5.73 Å². The minimum absolute atomic E-state index is 0.159. The summed E-state index contributed by atoms with van der Waals surface area (Å²) in [6, 6.07) is 9.55. The van der Waals surface area contributed by atoms with Crippen molar-refractivity contribution in [3.05, 3.63) is 35.9 Å². The highest BCUT2D eigenvalue weighted by molar-refractivity contribution is 5.94. The lowest BCUT2D eigenvalue weighted by molar-refractivity contribution is -0.118. The summed E-state index contributed by atoms with van der Waals surface area (Å²) < 4.78 is 0. The standard InChI is InChI=1S/C14H20N2O.C12H25NO/c1-2-8-15-9-11-16(12-10-15)14(17)13-6-4-3-5-7-13;1-2-3-4-5-6-7-8-9-10-11-12(13)14/h3-7H,2,8-12H2,1H3;2-11H2,1H3,(H2,13,14). The number of nitrogens with zero attached hydrogens (tertiary/aromatic N) is 2. The Morgan fingerprint density at radius 2 is 1.32 bits per heavy atom. The van der Waals surface area contributed by atoms with E-state index in [-0.39, 0.29) is 11.8 Å². The third-order valence-electron chi connectivity index (χ3n) is 5.75. The highest BCUT2D eigenvalue weighted by Crippen LogP contribution is 2.10. The van der Waals surface area contributed by atoms with Crippen LogP contribution >= 0.6 is 0 Å². The summed E-state index contributed by atoms with van der Waals surface area (Å²) in [7, 11) is 0. The average Bonchev–Trinajstić information content (AvgIpc) is 2.79. The third kappa shape index (κ3) is 13.2. The van der Waals surface area contributed by atoms with Crippen LogP contribution in [0.4, 0.5) is 0 Å². The second-order valence-corrected chi connectivity index (χ2v) is 8.54. The van der Waals surface area contributed by atoms with Gasteiger partial charge >= 0.3 is 0 Å². The molecule has 5 heteroatoms. The summed E-state index contributed by atoms with van der Waals surface area (Å²) in [5.41, 5.74) is 5.85. The van der Waals surface area contributed by atoms with Gasteiger partial charge in [0.1, 0.15) is 0 Å². The zero-order valence-electron chi connectivity index (χ0n) is 20.0. The van der Waals surface area contributed by atoms with E-state index < -0.39 is 0 Å². The van der Waals surface area contributed by atoms with Gasteiger partial charge in [-0.25, -0.2) is 0 Å². The maximum absolute atomic E-state index is 12.2. The molecule has 1 aromatic rings. The van der Waals surface area contributed by atoms with Crippen LogP contribution in [0.3, 0.4) is 0 Å². The van der Waals surface area contributed by atoms with E-state index >= 15 is 0 Å². The van der Waals surface area contributed by atoms with E-state index in [4.69, 9.17) is 5.73 Å². The Morgan fingerprint density at radius 1 is 0.774 bits per heavy atom. The molecule has 176 valence electrons. The molecule has 1 aromatic carbocycles. The molecule has 0 bridgehead atoms. The predicted molar refractivity (Wildman–Crippen MR) is 130 cm³/mol. The van der Waals surface area contributed by atoms with Crippen LogP contribution in [0.25, 0.3) is 0 Å². The number of carbonyl (C=O) groups is 2. The molecule has 2 amide bonds. The van der Waals surface area contributed by atoms with E-state index in [1.807, 2.05) is 35.2 Å². The van der Waals surface area contributed by atoms with E-state index in [0.717, 1.165) is 51.1 Å². The summed E-state index contributed by atoms with van der Waals surface area (Å²) >= 11 is 0. The van der Waals surface area contributed by atoms with Crippen LogP contribution in [-0.2, 0) is 4.79 Å². The van der Waals surface area contributed by atoms with Crippen molar-refractivity contribution in [2.75, 3.05) is 32.7 Å². The highest BCUT2D eigenvalue weighted by atomic mass is 16.2. The molecule has 1 saturated heterocycles. The molecule has 2 N–H and O–H groups in total. The summed E-state index contributed by atoms with van der Waals surface area (Å²) in [5, 5.41) is 0. The van der Waals surface area contributed by atoms with Gasteiger partial charge in [-0.2, -0.15) is 0 Å². The molecular formula is C26H45N3O2. The molecule has 5 nitrogen and oxygen atoms in total. The molecule has 0 unspecified atom stereocenters. The van der Waals surface area contributed by atoms with E-state index in [1.165, 1.54) is 51.4 Å². The van der Waals surface area contributed by atoms with E-state index in [0.29, 0.717) is 6.42 Å². The van der Waals surface area contributed by atoms with Gasteiger partial charge in [-0.3, -0.25) is 14.5 Å². The normalized spacial score (nSPS) is 14.1. The molecule has 1 heterocycles. The Morgan fingerprint density at radius 3 is 1.84 bits per heavy atom. The largest absolute Gasteiger partial charge is 0.370 e. The van der Waals surface area contributed by atoms with Crippen molar-refractivity contribution in [3.8, 4) is 0 Å². The van der Waals surface area contributed by atoms with Gasteiger partial charge in [-0.1, -0.05) is 83.4 Å². The molecule has 0 spiro atoms. The Labute approximate surface area is 190 Å².